The molecule has 0 aliphatic heterocycles. The lowest BCUT2D eigenvalue weighted by Crippen LogP contribution is -2.36. The molecule has 0 aromatic heterocycles. The van der Waals surface area contributed by atoms with Gasteiger partial charge in [0.15, 0.2) is 0 Å². The van der Waals surface area contributed by atoms with Crippen LogP contribution in [-0.2, 0) is 15.6 Å². The highest BCUT2D eigenvalue weighted by Crippen LogP contribution is 2.17. The van der Waals surface area contributed by atoms with Crippen molar-refractivity contribution in [1.82, 2.24) is 5.32 Å². The molecule has 1 aromatic rings. The fraction of sp³-hybridized carbons (Fsp3) is 0.467. The number of carbonyl (C=O) groups excluding carboxylic acids is 1. The third-order valence-corrected chi connectivity index (χ3v) is 4.69. The van der Waals surface area contributed by atoms with E-state index in [9.17, 15) is 13.8 Å². The first kappa shape index (κ1) is 17.4. The van der Waals surface area contributed by atoms with E-state index in [1.54, 1.807) is 19.1 Å². The number of benzene rings is 1. The van der Waals surface area contributed by atoms with Gasteiger partial charge in [-0.2, -0.15) is 0 Å². The molecule has 0 spiro atoms. The van der Waals surface area contributed by atoms with Crippen molar-refractivity contribution in [2.75, 3.05) is 6.54 Å². The number of carboxylic acids is 1. The van der Waals surface area contributed by atoms with Gasteiger partial charge in [0.05, 0.1) is 21.3 Å². The van der Waals surface area contributed by atoms with Crippen LogP contribution in [0.1, 0.15) is 37.6 Å². The summed E-state index contributed by atoms with van der Waals surface area (Å²) >= 11 is 0. The summed E-state index contributed by atoms with van der Waals surface area (Å²) in [7, 11) is -1.70. The van der Waals surface area contributed by atoms with E-state index < -0.39 is 22.0 Å². The molecule has 21 heavy (non-hydrogen) atoms. The Bertz CT molecular complexity index is 542. The normalized spacial score (nSPS) is 13.7. The van der Waals surface area contributed by atoms with Gasteiger partial charge < -0.3 is 10.4 Å². The van der Waals surface area contributed by atoms with Crippen LogP contribution >= 0.6 is 0 Å². The summed E-state index contributed by atoms with van der Waals surface area (Å²) in [5, 5.41) is 11.0. The van der Waals surface area contributed by atoms with Crippen LogP contribution in [0.25, 0.3) is 0 Å². The molecule has 0 aliphatic carbocycles. The fourth-order valence-corrected chi connectivity index (χ4v) is 2.98. The Morgan fingerprint density at radius 3 is 2.43 bits per heavy atom. The summed E-state index contributed by atoms with van der Waals surface area (Å²) in [6, 6.07) is 6.05. The van der Waals surface area contributed by atoms with Gasteiger partial charge in [-0.05, 0) is 31.4 Å². The first-order valence-electron chi connectivity index (χ1n) is 6.85. The van der Waals surface area contributed by atoms with Gasteiger partial charge in [-0.25, -0.2) is 4.79 Å². The molecule has 0 saturated carbocycles. The third kappa shape index (κ3) is 4.97. The second-order valence-electron chi connectivity index (χ2n) is 5.21. The zero-order valence-electron chi connectivity index (χ0n) is 12.5. The van der Waals surface area contributed by atoms with E-state index in [1.165, 1.54) is 12.1 Å². The fourth-order valence-electron chi connectivity index (χ4n) is 1.73. The van der Waals surface area contributed by atoms with Gasteiger partial charge in [-0.1, -0.05) is 26.0 Å². The highest BCUT2D eigenvalue weighted by atomic mass is 32.2. The third-order valence-electron chi connectivity index (χ3n) is 3.05. The van der Waals surface area contributed by atoms with Crippen molar-refractivity contribution in [2.24, 2.45) is 5.92 Å². The van der Waals surface area contributed by atoms with Gasteiger partial charge in [-0.15, -0.1) is 0 Å². The molecule has 2 unspecified atom stereocenters. The number of hydrogen-bond donors (Lipinski definition) is 2. The zero-order valence-corrected chi connectivity index (χ0v) is 13.3. The predicted molar refractivity (Wildman–Crippen MR) is 81.7 cm³/mol. The molecule has 116 valence electrons. The van der Waals surface area contributed by atoms with E-state index in [0.717, 1.165) is 6.42 Å². The summed E-state index contributed by atoms with van der Waals surface area (Å²) < 4.78 is 12.4. The SMILES string of the molecule is CC(C)CCNC(=O)C(C)S(=O)c1ccccc1C(=O)O. The molecule has 2 atom stereocenters. The van der Waals surface area contributed by atoms with E-state index in [-0.39, 0.29) is 16.4 Å². The van der Waals surface area contributed by atoms with Gasteiger partial charge in [0.25, 0.3) is 0 Å². The Labute approximate surface area is 127 Å². The Hall–Kier alpha value is -1.69. The summed E-state index contributed by atoms with van der Waals surface area (Å²) in [6.45, 7) is 6.17. The van der Waals surface area contributed by atoms with Gasteiger partial charge in [-0.3, -0.25) is 9.00 Å². The highest BCUT2D eigenvalue weighted by molar-refractivity contribution is 7.86. The van der Waals surface area contributed by atoms with Crippen molar-refractivity contribution in [1.29, 1.82) is 0 Å². The topological polar surface area (TPSA) is 83.5 Å². The van der Waals surface area contributed by atoms with Crippen molar-refractivity contribution in [3.05, 3.63) is 29.8 Å². The molecule has 0 aliphatic rings. The first-order chi connectivity index (χ1) is 9.84. The van der Waals surface area contributed by atoms with E-state index in [4.69, 9.17) is 5.11 Å². The smallest absolute Gasteiger partial charge is 0.336 e. The van der Waals surface area contributed by atoms with Gasteiger partial charge in [0.1, 0.15) is 5.25 Å². The van der Waals surface area contributed by atoms with Crippen LogP contribution in [0, 0.1) is 5.92 Å². The van der Waals surface area contributed by atoms with Crippen molar-refractivity contribution < 1.29 is 18.9 Å². The maximum Gasteiger partial charge on any atom is 0.336 e. The molecule has 6 heteroatoms. The Morgan fingerprint density at radius 2 is 1.86 bits per heavy atom. The van der Waals surface area contributed by atoms with Gasteiger partial charge >= 0.3 is 5.97 Å². The van der Waals surface area contributed by atoms with Gasteiger partial charge in [0, 0.05) is 6.54 Å². The molecule has 2 N–H and O–H groups in total. The first-order valence-corrected chi connectivity index (χ1v) is 8.06. The van der Waals surface area contributed by atoms with Crippen LogP contribution in [0.5, 0.6) is 0 Å². The van der Waals surface area contributed by atoms with Crippen molar-refractivity contribution in [3.8, 4) is 0 Å². The molecule has 0 fully saturated rings. The second-order valence-corrected chi connectivity index (χ2v) is 6.96. The Kier molecular flexibility index (Phi) is 6.55. The second kappa shape index (κ2) is 7.93. The maximum atomic E-state index is 12.4. The number of rotatable bonds is 7. The lowest BCUT2D eigenvalue weighted by Gasteiger charge is -2.14. The Morgan fingerprint density at radius 1 is 1.24 bits per heavy atom. The summed E-state index contributed by atoms with van der Waals surface area (Å²) in [5.41, 5.74) is -0.0299. The van der Waals surface area contributed by atoms with Gasteiger partial charge in [0.2, 0.25) is 5.91 Å². The van der Waals surface area contributed by atoms with Crippen LogP contribution < -0.4 is 5.32 Å². The minimum Gasteiger partial charge on any atom is -0.478 e. The molecule has 0 radical (unpaired) electrons. The largest absolute Gasteiger partial charge is 0.478 e. The van der Waals surface area contributed by atoms with Crippen LogP contribution in [-0.4, -0.2) is 33.0 Å². The maximum absolute atomic E-state index is 12.4. The van der Waals surface area contributed by atoms with E-state index >= 15 is 0 Å². The lowest BCUT2D eigenvalue weighted by molar-refractivity contribution is -0.120. The number of carbonyl (C=O) groups is 2. The average molecular weight is 311 g/mol. The molecular weight excluding hydrogens is 290 g/mol. The highest BCUT2D eigenvalue weighted by Gasteiger charge is 2.24. The van der Waals surface area contributed by atoms with E-state index in [2.05, 4.69) is 19.2 Å². The summed E-state index contributed by atoms with van der Waals surface area (Å²) in [6.07, 6.45) is 0.844. The van der Waals surface area contributed by atoms with E-state index in [1.807, 2.05) is 0 Å². The molecule has 1 rings (SSSR count). The number of amides is 1. The minimum atomic E-state index is -1.70. The van der Waals surface area contributed by atoms with Crippen LogP contribution in [0.3, 0.4) is 0 Å². The van der Waals surface area contributed by atoms with Crippen molar-refractivity contribution in [3.63, 3.8) is 0 Å². The van der Waals surface area contributed by atoms with Crippen LogP contribution in [0.15, 0.2) is 29.2 Å². The number of aromatic carboxylic acids is 1. The average Bonchev–Trinajstić information content (AvgIpc) is 2.45. The Balaban J connectivity index is 2.79. The predicted octanol–water partition coefficient (Wildman–Crippen LogP) is 2.04. The zero-order chi connectivity index (χ0) is 16.0. The minimum absolute atomic E-state index is 0.0299. The monoisotopic (exact) mass is 311 g/mol. The molecule has 5 nitrogen and oxygen atoms in total. The van der Waals surface area contributed by atoms with Crippen molar-refractivity contribution >= 4 is 22.7 Å². The number of hydrogen-bond acceptors (Lipinski definition) is 3. The molecule has 1 amide bonds. The molecular formula is C15H21NO4S. The number of nitrogens with one attached hydrogen (secondary N) is 1. The molecule has 0 saturated heterocycles. The summed E-state index contributed by atoms with van der Waals surface area (Å²) in [4.78, 5) is 23.3. The van der Waals surface area contributed by atoms with Crippen molar-refractivity contribution in [2.45, 2.75) is 37.3 Å². The van der Waals surface area contributed by atoms with Crippen LogP contribution in [0.2, 0.25) is 0 Å². The molecule has 0 heterocycles. The number of carboxylic acid groups (broad SMARTS) is 1. The van der Waals surface area contributed by atoms with Crippen LogP contribution in [0.4, 0.5) is 0 Å². The van der Waals surface area contributed by atoms with E-state index in [0.29, 0.717) is 12.5 Å². The lowest BCUT2D eigenvalue weighted by atomic mass is 10.1. The molecule has 1 aromatic carbocycles. The molecule has 0 bridgehead atoms. The summed E-state index contributed by atoms with van der Waals surface area (Å²) in [5.74, 6) is -1.00. The standard InChI is InChI=1S/C15H21NO4S/c1-10(2)8-9-16-14(17)11(3)21(20)13-7-5-4-6-12(13)15(18)19/h4-7,10-11H,8-9H2,1-3H3,(H,16,17)(H,18,19). The quantitative estimate of drug-likeness (QED) is 0.807.